The molecule has 0 bridgehead atoms. The number of halogens is 1. The minimum Gasteiger partial charge on any atom is -0.338 e. The van der Waals surface area contributed by atoms with Crippen molar-refractivity contribution in [1.82, 2.24) is 19.5 Å². The van der Waals surface area contributed by atoms with E-state index in [9.17, 15) is 9.18 Å². The number of aryl methyl sites for hydroxylation is 3. The minimum atomic E-state index is -0.208. The number of carbonyl (C=O) groups excluding carboxylic acids is 1. The molecule has 0 aliphatic carbocycles. The monoisotopic (exact) mass is 352 g/mol. The molecule has 0 saturated carbocycles. The van der Waals surface area contributed by atoms with Crippen LogP contribution in [-0.2, 0) is 24.2 Å². The molecular weight excluding hydrogens is 331 g/mol. The van der Waals surface area contributed by atoms with Crippen LogP contribution in [0.3, 0.4) is 0 Å². The normalized spacial score (nSPS) is 13.9. The Morgan fingerprint density at radius 2 is 2.12 bits per heavy atom. The van der Waals surface area contributed by atoms with Gasteiger partial charge >= 0.3 is 0 Å². The molecule has 2 aromatic heterocycles. The van der Waals surface area contributed by atoms with Gasteiger partial charge in [0.25, 0.3) is 0 Å². The number of nitrogens with zero attached hydrogens (tertiary/aromatic N) is 4. The summed E-state index contributed by atoms with van der Waals surface area (Å²) in [6, 6.07) is 6.99. The minimum absolute atomic E-state index is 0.120. The lowest BCUT2D eigenvalue weighted by Crippen LogP contribution is -2.37. The third kappa shape index (κ3) is 3.07. The highest BCUT2D eigenvalue weighted by Gasteiger charge is 2.23. The maximum atomic E-state index is 13.4. The standard InChI is InChI=1S/C20H21FN4O/c1-13-9-15(3-5-17(13)21)4-6-20(26)24-8-7-18-16(12-24)11-22-19-10-14(2)23-25(18)19/h3,5,9-11H,4,6-8,12H2,1-2H3. The summed E-state index contributed by atoms with van der Waals surface area (Å²) in [5.74, 6) is -0.0882. The first-order chi connectivity index (χ1) is 12.5. The third-order valence-corrected chi connectivity index (χ3v) is 4.97. The van der Waals surface area contributed by atoms with E-state index >= 15 is 0 Å². The molecule has 0 radical (unpaired) electrons. The zero-order chi connectivity index (χ0) is 18.3. The maximum absolute atomic E-state index is 13.4. The van der Waals surface area contributed by atoms with Gasteiger partial charge in [-0.3, -0.25) is 4.79 Å². The van der Waals surface area contributed by atoms with Crippen molar-refractivity contribution in [2.45, 2.75) is 39.7 Å². The quantitative estimate of drug-likeness (QED) is 0.728. The van der Waals surface area contributed by atoms with Gasteiger partial charge in [-0.1, -0.05) is 12.1 Å². The van der Waals surface area contributed by atoms with Gasteiger partial charge in [-0.05, 0) is 37.5 Å². The average Bonchev–Trinajstić information content (AvgIpc) is 3.02. The third-order valence-electron chi connectivity index (χ3n) is 4.97. The van der Waals surface area contributed by atoms with E-state index in [-0.39, 0.29) is 11.7 Å². The molecule has 6 heteroatoms. The summed E-state index contributed by atoms with van der Waals surface area (Å²) in [5, 5.41) is 4.51. The van der Waals surface area contributed by atoms with Crippen molar-refractivity contribution >= 4 is 11.6 Å². The SMILES string of the molecule is Cc1cc2ncc3c(n2n1)CCN(C(=O)CCc1ccc(F)c(C)c1)C3. The highest BCUT2D eigenvalue weighted by atomic mass is 19.1. The Kier molecular flexibility index (Phi) is 4.18. The molecule has 1 aliphatic heterocycles. The molecule has 0 unspecified atom stereocenters. The summed E-state index contributed by atoms with van der Waals surface area (Å²) in [6.45, 7) is 4.95. The summed E-state index contributed by atoms with van der Waals surface area (Å²) in [7, 11) is 0. The first kappa shape index (κ1) is 16.7. The molecule has 0 saturated heterocycles. The largest absolute Gasteiger partial charge is 0.338 e. The number of benzene rings is 1. The number of hydrogen-bond acceptors (Lipinski definition) is 3. The highest BCUT2D eigenvalue weighted by molar-refractivity contribution is 5.76. The topological polar surface area (TPSA) is 50.5 Å². The number of carbonyl (C=O) groups is 1. The maximum Gasteiger partial charge on any atom is 0.223 e. The van der Waals surface area contributed by atoms with Crippen LogP contribution in [0.2, 0.25) is 0 Å². The second-order valence-electron chi connectivity index (χ2n) is 6.93. The molecule has 0 N–H and O–H groups in total. The van der Waals surface area contributed by atoms with Crippen LogP contribution in [-0.4, -0.2) is 31.9 Å². The Bertz CT molecular complexity index is 995. The van der Waals surface area contributed by atoms with Gasteiger partial charge in [-0.25, -0.2) is 13.9 Å². The van der Waals surface area contributed by atoms with Crippen LogP contribution in [0.4, 0.5) is 4.39 Å². The molecule has 1 amide bonds. The van der Waals surface area contributed by atoms with Gasteiger partial charge in [-0.2, -0.15) is 5.10 Å². The lowest BCUT2D eigenvalue weighted by molar-refractivity contribution is -0.132. The predicted molar refractivity (Wildman–Crippen MR) is 96.3 cm³/mol. The molecular formula is C20H21FN4O. The fraction of sp³-hybridized carbons (Fsp3) is 0.350. The van der Waals surface area contributed by atoms with Crippen LogP contribution in [0.5, 0.6) is 0 Å². The Hall–Kier alpha value is -2.76. The molecule has 26 heavy (non-hydrogen) atoms. The summed E-state index contributed by atoms with van der Waals surface area (Å²) >= 11 is 0. The van der Waals surface area contributed by atoms with E-state index < -0.39 is 0 Å². The predicted octanol–water partition coefficient (Wildman–Crippen LogP) is 3.00. The Labute approximate surface area is 151 Å². The second kappa shape index (κ2) is 6.52. The van der Waals surface area contributed by atoms with Gasteiger partial charge in [0.05, 0.1) is 11.4 Å². The van der Waals surface area contributed by atoms with Gasteiger partial charge in [0.1, 0.15) is 5.82 Å². The van der Waals surface area contributed by atoms with Crippen LogP contribution in [0.25, 0.3) is 5.65 Å². The van der Waals surface area contributed by atoms with Gasteiger partial charge in [0.2, 0.25) is 5.91 Å². The van der Waals surface area contributed by atoms with Crippen molar-refractivity contribution in [1.29, 1.82) is 0 Å². The van der Waals surface area contributed by atoms with E-state index in [1.54, 1.807) is 13.0 Å². The lowest BCUT2D eigenvalue weighted by Gasteiger charge is -2.29. The van der Waals surface area contributed by atoms with Crippen molar-refractivity contribution in [2.75, 3.05) is 6.54 Å². The van der Waals surface area contributed by atoms with Crippen molar-refractivity contribution < 1.29 is 9.18 Å². The summed E-state index contributed by atoms with van der Waals surface area (Å²) in [4.78, 5) is 18.9. The molecule has 1 aliphatic rings. The van der Waals surface area contributed by atoms with Gasteiger partial charge in [0, 0.05) is 43.8 Å². The van der Waals surface area contributed by atoms with Gasteiger partial charge in [-0.15, -0.1) is 0 Å². The fourth-order valence-corrected chi connectivity index (χ4v) is 3.54. The van der Waals surface area contributed by atoms with E-state index in [1.807, 2.05) is 34.7 Å². The van der Waals surface area contributed by atoms with Gasteiger partial charge < -0.3 is 4.90 Å². The average molecular weight is 352 g/mol. The summed E-state index contributed by atoms with van der Waals surface area (Å²) in [6.07, 6.45) is 3.68. The smallest absolute Gasteiger partial charge is 0.223 e. The zero-order valence-corrected chi connectivity index (χ0v) is 15.0. The molecule has 0 spiro atoms. The number of rotatable bonds is 3. The Balaban J connectivity index is 1.45. The van der Waals surface area contributed by atoms with Crippen LogP contribution in [0.15, 0.2) is 30.5 Å². The first-order valence-electron chi connectivity index (χ1n) is 8.87. The van der Waals surface area contributed by atoms with Crippen molar-refractivity contribution in [3.8, 4) is 0 Å². The molecule has 0 atom stereocenters. The Morgan fingerprint density at radius 3 is 2.92 bits per heavy atom. The molecule has 3 aromatic rings. The highest BCUT2D eigenvalue weighted by Crippen LogP contribution is 2.21. The van der Waals surface area contributed by atoms with Crippen molar-refractivity contribution in [3.05, 3.63) is 64.4 Å². The lowest BCUT2D eigenvalue weighted by atomic mass is 10.0. The second-order valence-corrected chi connectivity index (χ2v) is 6.93. The van der Waals surface area contributed by atoms with Crippen LogP contribution < -0.4 is 0 Å². The van der Waals surface area contributed by atoms with E-state index in [2.05, 4.69) is 10.1 Å². The first-order valence-corrected chi connectivity index (χ1v) is 8.87. The molecule has 134 valence electrons. The molecule has 1 aromatic carbocycles. The summed E-state index contributed by atoms with van der Waals surface area (Å²) in [5.41, 5.74) is 5.60. The van der Waals surface area contributed by atoms with E-state index in [0.717, 1.165) is 34.6 Å². The van der Waals surface area contributed by atoms with Gasteiger partial charge in [0.15, 0.2) is 5.65 Å². The van der Waals surface area contributed by atoms with E-state index in [0.29, 0.717) is 31.5 Å². The molecule has 3 heterocycles. The molecule has 4 rings (SSSR count). The van der Waals surface area contributed by atoms with E-state index in [1.165, 1.54) is 6.07 Å². The number of fused-ring (bicyclic) bond motifs is 3. The van der Waals surface area contributed by atoms with Crippen molar-refractivity contribution in [2.24, 2.45) is 0 Å². The molecule has 5 nitrogen and oxygen atoms in total. The summed E-state index contributed by atoms with van der Waals surface area (Å²) < 4.78 is 15.3. The Morgan fingerprint density at radius 1 is 1.27 bits per heavy atom. The zero-order valence-electron chi connectivity index (χ0n) is 15.0. The van der Waals surface area contributed by atoms with Crippen molar-refractivity contribution in [3.63, 3.8) is 0 Å². The van der Waals surface area contributed by atoms with Crippen LogP contribution in [0.1, 0.15) is 34.5 Å². The number of amides is 1. The van der Waals surface area contributed by atoms with E-state index in [4.69, 9.17) is 0 Å². The van der Waals surface area contributed by atoms with Crippen LogP contribution in [0, 0.1) is 19.7 Å². The fourth-order valence-electron chi connectivity index (χ4n) is 3.54. The number of hydrogen-bond donors (Lipinski definition) is 0. The van der Waals surface area contributed by atoms with Crippen LogP contribution >= 0.6 is 0 Å². The number of aromatic nitrogens is 3. The molecule has 0 fully saturated rings.